The average Bonchev–Trinajstić information content (AvgIpc) is 3.22. The molecule has 1 spiro atoms. The Morgan fingerprint density at radius 1 is 0.976 bits per heavy atom. The second-order valence-corrected chi connectivity index (χ2v) is 11.9. The van der Waals surface area contributed by atoms with Crippen molar-refractivity contribution >= 4 is 46.4 Å². The van der Waals surface area contributed by atoms with Gasteiger partial charge in [-0.05, 0) is 71.6 Å². The predicted molar refractivity (Wildman–Crippen MR) is 158 cm³/mol. The number of amides is 2. The van der Waals surface area contributed by atoms with Crippen molar-refractivity contribution in [2.24, 2.45) is 0 Å². The summed E-state index contributed by atoms with van der Waals surface area (Å²) >= 11 is 12.9. The standard InChI is InChI=1S/C31H31Cl2FN4O3/c1-18-2-5-21(34)16-22(18)29-31(24-6-3-20(33)15-26(24)35-30(31)41)25(17-28(40)36-29)23-14-19(32)4-7-27(23)38-10-8-37(9-11-38)12-13-39/h2-7,14-16,25,29,39H,8-13,17H2,1H3,(H,35,41)(H,36,40)/t25-,29+,31-/m1/s1. The van der Waals surface area contributed by atoms with Gasteiger partial charge in [0.05, 0.1) is 12.6 Å². The van der Waals surface area contributed by atoms with E-state index in [0.29, 0.717) is 46.5 Å². The number of hydrogen-bond donors (Lipinski definition) is 3. The van der Waals surface area contributed by atoms with Crippen LogP contribution >= 0.6 is 23.2 Å². The van der Waals surface area contributed by atoms with Gasteiger partial charge < -0.3 is 20.6 Å². The van der Waals surface area contributed by atoms with Crippen LogP contribution in [0.1, 0.15) is 40.6 Å². The van der Waals surface area contributed by atoms with E-state index in [1.807, 2.05) is 31.2 Å². The van der Waals surface area contributed by atoms with E-state index in [0.717, 1.165) is 29.9 Å². The van der Waals surface area contributed by atoms with Crippen LogP contribution in [-0.4, -0.2) is 61.2 Å². The summed E-state index contributed by atoms with van der Waals surface area (Å²) in [4.78, 5) is 32.3. The van der Waals surface area contributed by atoms with Gasteiger partial charge in [-0.3, -0.25) is 14.5 Å². The third-order valence-electron chi connectivity index (χ3n) is 8.80. The fraction of sp³-hybridized carbons (Fsp3) is 0.355. The Kier molecular flexibility index (Phi) is 7.44. The van der Waals surface area contributed by atoms with E-state index in [-0.39, 0.29) is 24.8 Å². The van der Waals surface area contributed by atoms with Gasteiger partial charge in [0.25, 0.3) is 0 Å². The summed E-state index contributed by atoms with van der Waals surface area (Å²) in [7, 11) is 0. The van der Waals surface area contributed by atoms with Crippen molar-refractivity contribution in [1.29, 1.82) is 0 Å². The third-order valence-corrected chi connectivity index (χ3v) is 9.27. The van der Waals surface area contributed by atoms with Crippen molar-refractivity contribution in [2.75, 3.05) is 49.5 Å². The molecule has 0 aromatic heterocycles. The quantitative estimate of drug-likeness (QED) is 0.394. The number of carbonyl (C=O) groups excluding carboxylic acids is 2. The number of aryl methyl sites for hydroxylation is 1. The summed E-state index contributed by atoms with van der Waals surface area (Å²) in [5.74, 6) is -1.58. The van der Waals surface area contributed by atoms with Crippen LogP contribution in [0.2, 0.25) is 10.0 Å². The number of nitrogens with one attached hydrogen (secondary N) is 2. The molecule has 2 fully saturated rings. The van der Waals surface area contributed by atoms with Crippen molar-refractivity contribution < 1.29 is 19.1 Å². The van der Waals surface area contributed by atoms with Gasteiger partial charge in [0.2, 0.25) is 11.8 Å². The van der Waals surface area contributed by atoms with Crippen LogP contribution in [0.15, 0.2) is 54.6 Å². The first-order valence-corrected chi connectivity index (χ1v) is 14.5. The number of benzene rings is 3. The number of anilines is 2. The summed E-state index contributed by atoms with van der Waals surface area (Å²) in [6.45, 7) is 5.53. The molecule has 214 valence electrons. The lowest BCUT2D eigenvalue weighted by Gasteiger charge is -2.48. The van der Waals surface area contributed by atoms with Gasteiger partial charge >= 0.3 is 0 Å². The number of piperazine rings is 1. The fourth-order valence-electron chi connectivity index (χ4n) is 6.89. The van der Waals surface area contributed by atoms with Crippen LogP contribution in [0.5, 0.6) is 0 Å². The summed E-state index contributed by atoms with van der Waals surface area (Å²) < 4.78 is 14.7. The molecule has 3 N–H and O–H groups in total. The summed E-state index contributed by atoms with van der Waals surface area (Å²) in [6.07, 6.45) is 0.0399. The summed E-state index contributed by atoms with van der Waals surface area (Å²) in [5.41, 5.74) is 2.97. The van der Waals surface area contributed by atoms with Gasteiger partial charge in [0.1, 0.15) is 11.2 Å². The van der Waals surface area contributed by atoms with Crippen LogP contribution in [0.4, 0.5) is 15.8 Å². The molecule has 3 aliphatic heterocycles. The third kappa shape index (κ3) is 4.77. The Balaban J connectivity index is 1.56. The molecule has 6 rings (SSSR count). The largest absolute Gasteiger partial charge is 0.395 e. The Labute approximate surface area is 248 Å². The number of carbonyl (C=O) groups is 2. The Morgan fingerprint density at radius 3 is 2.46 bits per heavy atom. The minimum atomic E-state index is -1.30. The second kappa shape index (κ2) is 10.9. The van der Waals surface area contributed by atoms with Crippen molar-refractivity contribution in [1.82, 2.24) is 10.2 Å². The number of piperidine rings is 1. The Bertz CT molecular complexity index is 1530. The molecule has 0 saturated carbocycles. The maximum Gasteiger partial charge on any atom is 0.238 e. The maximum absolute atomic E-state index is 14.7. The van der Waals surface area contributed by atoms with Gasteiger partial charge in [-0.25, -0.2) is 4.39 Å². The van der Waals surface area contributed by atoms with E-state index in [1.165, 1.54) is 12.1 Å². The molecule has 3 heterocycles. The van der Waals surface area contributed by atoms with Crippen LogP contribution in [0, 0.1) is 12.7 Å². The highest BCUT2D eigenvalue weighted by atomic mass is 35.5. The van der Waals surface area contributed by atoms with E-state index in [1.54, 1.807) is 18.2 Å². The molecule has 2 amide bonds. The highest BCUT2D eigenvalue weighted by molar-refractivity contribution is 6.31. The van der Waals surface area contributed by atoms with Crippen LogP contribution < -0.4 is 15.5 Å². The Hall–Kier alpha value is -3.17. The molecule has 10 heteroatoms. The van der Waals surface area contributed by atoms with Crippen molar-refractivity contribution in [3.05, 3.63) is 92.7 Å². The number of aliphatic hydroxyl groups excluding tert-OH is 1. The average molecular weight is 598 g/mol. The predicted octanol–water partition coefficient (Wildman–Crippen LogP) is 4.79. The zero-order valence-corrected chi connectivity index (χ0v) is 24.1. The van der Waals surface area contributed by atoms with E-state index in [9.17, 15) is 19.1 Å². The molecule has 3 aromatic carbocycles. The number of hydrogen-bond acceptors (Lipinski definition) is 5. The minimum absolute atomic E-state index is 0.0399. The molecule has 41 heavy (non-hydrogen) atoms. The van der Waals surface area contributed by atoms with E-state index < -0.39 is 23.2 Å². The topological polar surface area (TPSA) is 84.9 Å². The van der Waals surface area contributed by atoms with Gasteiger partial charge in [-0.2, -0.15) is 0 Å². The molecule has 0 bridgehead atoms. The molecule has 3 aromatic rings. The number of rotatable bonds is 5. The van der Waals surface area contributed by atoms with E-state index in [4.69, 9.17) is 23.2 Å². The SMILES string of the molecule is Cc1ccc(F)cc1[C@@H]1NC(=O)C[C@H](c2cc(Cl)ccc2N2CCN(CCO)CC2)[C@@]12C(=O)Nc1cc(Cl)ccc12. The zero-order chi connectivity index (χ0) is 28.9. The number of fused-ring (bicyclic) bond motifs is 2. The van der Waals surface area contributed by atoms with E-state index in [2.05, 4.69) is 20.4 Å². The van der Waals surface area contributed by atoms with E-state index >= 15 is 0 Å². The molecule has 0 radical (unpaired) electrons. The molecule has 0 unspecified atom stereocenters. The lowest BCUT2D eigenvalue weighted by molar-refractivity contribution is -0.131. The number of β-amino-alcohol motifs (C(OH)–C–C–N with tert-alkyl or cyclic N) is 1. The summed E-state index contributed by atoms with van der Waals surface area (Å²) in [5, 5.41) is 16.5. The first-order chi connectivity index (χ1) is 19.7. The monoisotopic (exact) mass is 596 g/mol. The number of halogens is 3. The molecule has 7 nitrogen and oxygen atoms in total. The lowest BCUT2D eigenvalue weighted by atomic mass is 9.58. The molecule has 0 aliphatic carbocycles. The van der Waals surface area contributed by atoms with Crippen LogP contribution in [0.25, 0.3) is 0 Å². The van der Waals surface area contributed by atoms with Crippen molar-refractivity contribution in [2.45, 2.75) is 30.7 Å². The van der Waals surface area contributed by atoms with Crippen LogP contribution in [-0.2, 0) is 15.0 Å². The first-order valence-electron chi connectivity index (χ1n) is 13.8. The molecular weight excluding hydrogens is 566 g/mol. The number of aliphatic hydroxyl groups is 1. The highest BCUT2D eigenvalue weighted by Gasteiger charge is 2.61. The lowest BCUT2D eigenvalue weighted by Crippen LogP contribution is -2.57. The summed E-state index contributed by atoms with van der Waals surface area (Å²) in [6, 6.07) is 14.5. The maximum atomic E-state index is 14.7. The second-order valence-electron chi connectivity index (χ2n) is 11.0. The van der Waals surface area contributed by atoms with Crippen LogP contribution in [0.3, 0.4) is 0 Å². The fourth-order valence-corrected chi connectivity index (χ4v) is 7.24. The molecule has 3 atom stereocenters. The Morgan fingerprint density at radius 2 is 1.71 bits per heavy atom. The molecule has 3 aliphatic rings. The minimum Gasteiger partial charge on any atom is -0.395 e. The van der Waals surface area contributed by atoms with Gasteiger partial charge in [-0.1, -0.05) is 35.3 Å². The van der Waals surface area contributed by atoms with Gasteiger partial charge in [0.15, 0.2) is 0 Å². The molecule has 2 saturated heterocycles. The highest BCUT2D eigenvalue weighted by Crippen LogP contribution is 2.59. The van der Waals surface area contributed by atoms with Crippen molar-refractivity contribution in [3.63, 3.8) is 0 Å². The normalized spacial score (nSPS) is 24.4. The first kappa shape index (κ1) is 28.0. The van der Waals surface area contributed by atoms with Gasteiger partial charge in [-0.15, -0.1) is 0 Å². The smallest absolute Gasteiger partial charge is 0.238 e. The van der Waals surface area contributed by atoms with Gasteiger partial charge in [0, 0.05) is 66.5 Å². The zero-order valence-electron chi connectivity index (χ0n) is 22.6. The number of nitrogens with zero attached hydrogens (tertiary/aromatic N) is 2. The van der Waals surface area contributed by atoms with Crippen molar-refractivity contribution in [3.8, 4) is 0 Å². The molecular formula is C31H31Cl2FN4O3.